The zero-order chi connectivity index (χ0) is 18.9. The maximum atomic E-state index is 12.0. The van der Waals surface area contributed by atoms with Gasteiger partial charge in [0.15, 0.2) is 6.61 Å². The van der Waals surface area contributed by atoms with Gasteiger partial charge in [0, 0.05) is 6.54 Å². The van der Waals surface area contributed by atoms with Crippen molar-refractivity contribution in [3.63, 3.8) is 0 Å². The van der Waals surface area contributed by atoms with Crippen LogP contribution in [0.2, 0.25) is 0 Å². The third-order valence-corrected chi connectivity index (χ3v) is 3.87. The zero-order valence-electron chi connectivity index (χ0n) is 15.2. The summed E-state index contributed by atoms with van der Waals surface area (Å²) in [6.45, 7) is 2.02. The van der Waals surface area contributed by atoms with Gasteiger partial charge in [0.2, 0.25) is 0 Å². The fraction of sp³-hybridized carbons (Fsp3) is 0.300. The smallest absolute Gasteiger partial charge is 0.338 e. The van der Waals surface area contributed by atoms with Crippen molar-refractivity contribution < 1.29 is 23.8 Å². The number of aryl methyl sites for hydroxylation is 1. The second kappa shape index (κ2) is 9.46. The van der Waals surface area contributed by atoms with E-state index in [0.29, 0.717) is 24.3 Å². The molecule has 1 amide bonds. The molecular weight excluding hydrogens is 334 g/mol. The molecule has 0 aliphatic heterocycles. The molecule has 2 aromatic carbocycles. The third kappa shape index (κ3) is 5.51. The Bertz CT molecular complexity index is 755. The number of nitrogens with one attached hydrogen (secondary N) is 1. The van der Waals surface area contributed by atoms with E-state index in [0.717, 1.165) is 16.9 Å². The number of esters is 1. The molecule has 6 nitrogen and oxygen atoms in total. The minimum atomic E-state index is -0.561. The molecule has 0 spiro atoms. The van der Waals surface area contributed by atoms with Crippen LogP contribution in [-0.4, -0.2) is 39.2 Å². The van der Waals surface area contributed by atoms with Crippen molar-refractivity contribution in [2.45, 2.75) is 13.3 Å². The summed E-state index contributed by atoms with van der Waals surface area (Å²) in [5, 5.41) is 2.73. The lowest BCUT2D eigenvalue weighted by atomic mass is 10.1. The van der Waals surface area contributed by atoms with Crippen molar-refractivity contribution in [1.29, 1.82) is 0 Å². The summed E-state index contributed by atoms with van der Waals surface area (Å²) in [4.78, 5) is 23.8. The number of carbonyl (C=O) groups excluding carboxylic acids is 2. The summed E-state index contributed by atoms with van der Waals surface area (Å²) in [6, 6.07) is 12.6. The average Bonchev–Trinajstić information content (AvgIpc) is 2.67. The van der Waals surface area contributed by atoms with E-state index in [4.69, 9.17) is 14.2 Å². The quantitative estimate of drug-likeness (QED) is 0.735. The van der Waals surface area contributed by atoms with Crippen LogP contribution < -0.4 is 14.8 Å². The summed E-state index contributed by atoms with van der Waals surface area (Å²) in [6.07, 6.45) is 0.679. The first-order chi connectivity index (χ1) is 12.5. The minimum absolute atomic E-state index is 0.322. The highest BCUT2D eigenvalue weighted by Crippen LogP contribution is 2.19. The molecule has 0 unspecified atom stereocenters. The first-order valence-electron chi connectivity index (χ1n) is 8.25. The molecule has 0 atom stereocenters. The fourth-order valence-corrected chi connectivity index (χ4v) is 2.35. The van der Waals surface area contributed by atoms with E-state index in [1.54, 1.807) is 25.3 Å². The number of rotatable bonds is 8. The maximum absolute atomic E-state index is 12.0. The number of amides is 1. The summed E-state index contributed by atoms with van der Waals surface area (Å²) in [5.41, 5.74) is 2.34. The van der Waals surface area contributed by atoms with E-state index in [9.17, 15) is 9.59 Å². The van der Waals surface area contributed by atoms with Gasteiger partial charge in [-0.25, -0.2) is 4.79 Å². The van der Waals surface area contributed by atoms with Gasteiger partial charge < -0.3 is 19.5 Å². The van der Waals surface area contributed by atoms with Crippen LogP contribution in [0.15, 0.2) is 42.5 Å². The first kappa shape index (κ1) is 19.3. The summed E-state index contributed by atoms with van der Waals surface area (Å²) >= 11 is 0. The van der Waals surface area contributed by atoms with Gasteiger partial charge in [-0.1, -0.05) is 18.2 Å². The van der Waals surface area contributed by atoms with E-state index in [1.165, 1.54) is 7.11 Å². The van der Waals surface area contributed by atoms with E-state index in [-0.39, 0.29) is 12.5 Å². The summed E-state index contributed by atoms with van der Waals surface area (Å²) in [5.74, 6) is 0.486. The Morgan fingerprint density at radius 3 is 2.38 bits per heavy atom. The van der Waals surface area contributed by atoms with Crippen molar-refractivity contribution in [3.05, 3.63) is 59.2 Å². The van der Waals surface area contributed by atoms with Crippen molar-refractivity contribution in [1.82, 2.24) is 5.32 Å². The van der Waals surface area contributed by atoms with Gasteiger partial charge in [-0.3, -0.25) is 4.79 Å². The van der Waals surface area contributed by atoms with Crippen molar-refractivity contribution >= 4 is 11.9 Å². The Labute approximate surface area is 153 Å². The number of hydrogen-bond acceptors (Lipinski definition) is 5. The zero-order valence-corrected chi connectivity index (χ0v) is 15.2. The Balaban J connectivity index is 1.74. The van der Waals surface area contributed by atoms with Crippen LogP contribution in [0.25, 0.3) is 0 Å². The van der Waals surface area contributed by atoms with Gasteiger partial charge >= 0.3 is 5.97 Å². The SMILES string of the molecule is COc1ccc(CCNC(=O)COC(=O)c2ccc(C)c(OC)c2)cc1. The fourth-order valence-electron chi connectivity index (χ4n) is 2.35. The van der Waals surface area contributed by atoms with E-state index in [1.807, 2.05) is 31.2 Å². The third-order valence-electron chi connectivity index (χ3n) is 3.87. The number of hydrogen-bond donors (Lipinski definition) is 1. The standard InChI is InChI=1S/C20H23NO5/c1-14-4-7-16(12-18(14)25-3)20(23)26-13-19(22)21-11-10-15-5-8-17(24-2)9-6-15/h4-9,12H,10-11,13H2,1-3H3,(H,21,22). The highest BCUT2D eigenvalue weighted by molar-refractivity contribution is 5.91. The topological polar surface area (TPSA) is 73.9 Å². The Hall–Kier alpha value is -3.02. The second-order valence-electron chi connectivity index (χ2n) is 5.71. The maximum Gasteiger partial charge on any atom is 0.338 e. The van der Waals surface area contributed by atoms with Crippen molar-refractivity contribution in [3.8, 4) is 11.5 Å². The molecule has 0 saturated carbocycles. The highest BCUT2D eigenvalue weighted by atomic mass is 16.5. The molecule has 1 N–H and O–H groups in total. The molecule has 2 aromatic rings. The van der Waals surface area contributed by atoms with Crippen LogP contribution in [0.4, 0.5) is 0 Å². The van der Waals surface area contributed by atoms with Crippen LogP contribution in [0.3, 0.4) is 0 Å². The van der Waals surface area contributed by atoms with Gasteiger partial charge in [-0.05, 0) is 48.7 Å². The predicted molar refractivity (Wildman–Crippen MR) is 97.7 cm³/mol. The lowest BCUT2D eigenvalue weighted by molar-refractivity contribution is -0.124. The largest absolute Gasteiger partial charge is 0.497 e. The van der Waals surface area contributed by atoms with Crippen LogP contribution in [0.1, 0.15) is 21.5 Å². The number of methoxy groups -OCH3 is 2. The molecule has 2 rings (SSSR count). The van der Waals surface area contributed by atoms with Crippen molar-refractivity contribution in [2.75, 3.05) is 27.4 Å². The van der Waals surface area contributed by atoms with Crippen LogP contribution in [0.5, 0.6) is 11.5 Å². The average molecular weight is 357 g/mol. The lowest BCUT2D eigenvalue weighted by Crippen LogP contribution is -2.30. The molecule has 0 heterocycles. The number of benzene rings is 2. The van der Waals surface area contributed by atoms with Gasteiger partial charge in [-0.2, -0.15) is 0 Å². The minimum Gasteiger partial charge on any atom is -0.497 e. The normalized spacial score (nSPS) is 10.1. The van der Waals surface area contributed by atoms with E-state index < -0.39 is 5.97 Å². The summed E-state index contributed by atoms with van der Waals surface area (Å²) < 4.78 is 15.3. The Kier molecular flexibility index (Phi) is 7.02. The van der Waals surface area contributed by atoms with Crippen LogP contribution >= 0.6 is 0 Å². The monoisotopic (exact) mass is 357 g/mol. The predicted octanol–water partition coefficient (Wildman–Crippen LogP) is 2.53. The van der Waals surface area contributed by atoms with Gasteiger partial charge in [0.25, 0.3) is 5.91 Å². The van der Waals surface area contributed by atoms with Gasteiger partial charge in [-0.15, -0.1) is 0 Å². The highest BCUT2D eigenvalue weighted by Gasteiger charge is 2.12. The molecule has 138 valence electrons. The molecule has 0 fully saturated rings. The molecule has 0 aromatic heterocycles. The molecule has 0 aliphatic carbocycles. The molecule has 0 aliphatic rings. The lowest BCUT2D eigenvalue weighted by Gasteiger charge is -2.09. The van der Waals surface area contributed by atoms with E-state index >= 15 is 0 Å². The molecule has 26 heavy (non-hydrogen) atoms. The Morgan fingerprint density at radius 2 is 1.73 bits per heavy atom. The summed E-state index contributed by atoms with van der Waals surface area (Å²) in [7, 11) is 3.15. The van der Waals surface area contributed by atoms with E-state index in [2.05, 4.69) is 5.32 Å². The van der Waals surface area contributed by atoms with Crippen molar-refractivity contribution in [2.24, 2.45) is 0 Å². The number of ether oxygens (including phenoxy) is 3. The molecule has 0 bridgehead atoms. The van der Waals surface area contributed by atoms with Gasteiger partial charge in [0.1, 0.15) is 11.5 Å². The molecule has 0 radical (unpaired) electrons. The molecular formula is C20H23NO5. The van der Waals surface area contributed by atoms with Crippen LogP contribution in [-0.2, 0) is 16.0 Å². The number of carbonyl (C=O) groups is 2. The molecule has 6 heteroatoms. The van der Waals surface area contributed by atoms with Gasteiger partial charge in [0.05, 0.1) is 19.8 Å². The second-order valence-corrected chi connectivity index (χ2v) is 5.71. The van der Waals surface area contributed by atoms with Crippen LogP contribution in [0, 0.1) is 6.92 Å². The Morgan fingerprint density at radius 1 is 1.00 bits per heavy atom. The first-order valence-corrected chi connectivity index (χ1v) is 8.25. The molecule has 0 saturated heterocycles.